The number of carbonyl (C=O) groups excluding carboxylic acids is 1. The molecule has 1 heterocycles. The number of ether oxygens (including phenoxy) is 3. The number of hydrogen-bond donors (Lipinski definition) is 1. The van der Waals surface area contributed by atoms with Crippen molar-refractivity contribution < 1.29 is 19.0 Å². The molecule has 1 saturated heterocycles. The van der Waals surface area contributed by atoms with Crippen LogP contribution < -0.4 is 14.8 Å². The predicted molar refractivity (Wildman–Crippen MR) is 173 cm³/mol. The molecule has 0 radical (unpaired) electrons. The molecule has 0 aliphatic carbocycles. The Morgan fingerprint density at radius 2 is 1.80 bits per heavy atom. The molecule has 40 heavy (non-hydrogen) atoms. The molecule has 6 nitrogen and oxygen atoms in total. The summed E-state index contributed by atoms with van der Waals surface area (Å²) in [5.41, 5.74) is 1.89. The zero-order valence-corrected chi connectivity index (χ0v) is 26.4. The third-order valence-electron chi connectivity index (χ3n) is 5.69. The largest absolute Gasteiger partial charge is 0.493 e. The molecule has 1 unspecified atom stereocenters. The Morgan fingerprint density at radius 3 is 2.27 bits per heavy atom. The Balaban J connectivity index is 0. The number of hydrogen-bond acceptors (Lipinski definition) is 6. The molecule has 0 bridgehead atoms. The molecular formula is C33H53ClN2O4. The van der Waals surface area contributed by atoms with Gasteiger partial charge in [-0.2, -0.15) is 0 Å². The van der Waals surface area contributed by atoms with Gasteiger partial charge in [0.15, 0.2) is 11.5 Å². The van der Waals surface area contributed by atoms with Gasteiger partial charge in [-0.05, 0) is 70.9 Å². The van der Waals surface area contributed by atoms with Crippen molar-refractivity contribution in [2.75, 3.05) is 60.7 Å². The molecule has 1 fully saturated rings. The number of allylic oxidation sites excluding steroid dienone is 2. The first-order valence-electron chi connectivity index (χ1n) is 13.8. The molecule has 3 rings (SSSR count). The zero-order valence-electron chi connectivity index (χ0n) is 25.6. The van der Waals surface area contributed by atoms with Crippen LogP contribution in [0.25, 0.3) is 0 Å². The van der Waals surface area contributed by atoms with Crippen molar-refractivity contribution in [2.24, 2.45) is 5.92 Å². The highest BCUT2D eigenvalue weighted by Gasteiger charge is 2.15. The van der Waals surface area contributed by atoms with Gasteiger partial charge in [-0.25, -0.2) is 0 Å². The van der Waals surface area contributed by atoms with Gasteiger partial charge in [0, 0.05) is 38.8 Å². The number of nitrogens with one attached hydrogen (secondary N) is 1. The lowest BCUT2D eigenvalue weighted by Gasteiger charge is -2.18. The van der Waals surface area contributed by atoms with Gasteiger partial charge in [-0.3, -0.25) is 4.79 Å². The number of rotatable bonds is 12. The van der Waals surface area contributed by atoms with Crippen LogP contribution in [-0.2, 0) is 4.74 Å². The van der Waals surface area contributed by atoms with E-state index in [1.54, 1.807) is 32.4 Å². The first-order chi connectivity index (χ1) is 18.9. The Labute approximate surface area is 250 Å². The molecule has 7 heteroatoms. The smallest absolute Gasteiger partial charge is 0.161 e. The van der Waals surface area contributed by atoms with Crippen LogP contribution in [0.15, 0.2) is 73.3 Å². The average molecular weight is 577 g/mol. The summed E-state index contributed by atoms with van der Waals surface area (Å²) in [6, 6.07) is 15.3. The van der Waals surface area contributed by atoms with E-state index in [1.165, 1.54) is 31.6 Å². The van der Waals surface area contributed by atoms with E-state index >= 15 is 0 Å². The minimum Gasteiger partial charge on any atom is -0.493 e. The van der Waals surface area contributed by atoms with E-state index in [4.69, 9.17) is 14.2 Å². The molecule has 0 amide bonds. The summed E-state index contributed by atoms with van der Waals surface area (Å²) in [6.45, 7) is 15.6. The summed E-state index contributed by atoms with van der Waals surface area (Å²) in [5, 5.41) is 3.39. The normalized spacial score (nSPS) is 13.4. The number of aryl methyl sites for hydroxylation is 1. The monoisotopic (exact) mass is 576 g/mol. The minimum absolute atomic E-state index is 0. The van der Waals surface area contributed by atoms with Crippen LogP contribution in [0.2, 0.25) is 0 Å². The molecule has 1 aliphatic rings. The Morgan fingerprint density at radius 1 is 1.10 bits per heavy atom. The van der Waals surface area contributed by atoms with Crippen LogP contribution in [0.4, 0.5) is 0 Å². The van der Waals surface area contributed by atoms with Crippen molar-refractivity contribution >= 4 is 18.7 Å². The number of likely N-dealkylation sites (N-methyl/N-ethyl adjacent to an activating group) is 1. The van der Waals surface area contributed by atoms with Crippen LogP contribution in [0, 0.1) is 12.8 Å². The van der Waals surface area contributed by atoms with Crippen molar-refractivity contribution in [3.8, 4) is 11.5 Å². The summed E-state index contributed by atoms with van der Waals surface area (Å²) in [6.07, 6.45) is 10.2. The lowest BCUT2D eigenvalue weighted by Crippen LogP contribution is -2.27. The summed E-state index contributed by atoms with van der Waals surface area (Å²) in [7, 11) is 5.41. The number of benzene rings is 2. The van der Waals surface area contributed by atoms with Crippen molar-refractivity contribution in [3.05, 3.63) is 84.5 Å². The van der Waals surface area contributed by atoms with Gasteiger partial charge in [0.05, 0.1) is 13.7 Å². The summed E-state index contributed by atoms with van der Waals surface area (Å²) in [5.74, 6) is 2.09. The Bertz CT molecular complexity index is 887. The highest BCUT2D eigenvalue weighted by atomic mass is 35.5. The fraction of sp³-hybridized carbons (Fsp3) is 0.485. The maximum absolute atomic E-state index is 10.6. The topological polar surface area (TPSA) is 60.0 Å². The van der Waals surface area contributed by atoms with Gasteiger partial charge in [0.2, 0.25) is 0 Å². The molecule has 1 N–H and O–H groups in total. The van der Waals surface area contributed by atoms with Crippen LogP contribution in [0.3, 0.4) is 0 Å². The second-order valence-electron chi connectivity index (χ2n) is 9.22. The summed E-state index contributed by atoms with van der Waals surface area (Å²) in [4.78, 5) is 13.0. The van der Waals surface area contributed by atoms with Crippen molar-refractivity contribution in [1.82, 2.24) is 10.2 Å². The van der Waals surface area contributed by atoms with Crippen LogP contribution in [0.1, 0.15) is 49.0 Å². The number of nitrogens with zero attached hydrogens (tertiary/aromatic N) is 1. The second-order valence-corrected chi connectivity index (χ2v) is 9.22. The Kier molecular flexibility index (Phi) is 27.6. The van der Waals surface area contributed by atoms with Gasteiger partial charge in [-0.1, -0.05) is 61.0 Å². The second kappa shape index (κ2) is 27.9. The molecule has 2 aromatic rings. The van der Waals surface area contributed by atoms with Gasteiger partial charge in [-0.15, -0.1) is 19.0 Å². The number of halogens is 1. The predicted octanol–water partition coefficient (Wildman–Crippen LogP) is 7.03. The number of carbonyl (C=O) groups is 1. The lowest BCUT2D eigenvalue weighted by molar-refractivity contribution is 0.112. The fourth-order valence-corrected chi connectivity index (χ4v) is 3.47. The molecule has 1 aliphatic heterocycles. The fourth-order valence-electron chi connectivity index (χ4n) is 3.47. The quantitative estimate of drug-likeness (QED) is 0.166. The van der Waals surface area contributed by atoms with E-state index in [1.807, 2.05) is 24.3 Å². The Hall–Kier alpha value is -2.64. The minimum atomic E-state index is 0. The zero-order chi connectivity index (χ0) is 29.1. The van der Waals surface area contributed by atoms with E-state index < -0.39 is 0 Å². The standard InChI is InChI=1S/C12H16O4.C10H20N2.C7H8.C4H8.ClH/c1-14-6-3-7-16-12-8-10(9-13)4-5-11(12)15-2;1-3-4-7-12(2)9-10-5-6-11-8-10;1-7-5-3-2-4-6-7;1-3-4-2;/h4-5,8-9H,3,6-7H2,1-2H3;3-4,10-11H,5-9H2,1-2H3;2-6H,1H3;3H,1,4H2,2H3;1H/b;4-3-;;;. The van der Waals surface area contributed by atoms with E-state index in [9.17, 15) is 4.79 Å². The maximum atomic E-state index is 10.6. The molecular weight excluding hydrogens is 524 g/mol. The van der Waals surface area contributed by atoms with E-state index in [0.717, 1.165) is 31.6 Å². The van der Waals surface area contributed by atoms with Crippen molar-refractivity contribution in [1.29, 1.82) is 0 Å². The van der Waals surface area contributed by atoms with Crippen molar-refractivity contribution in [2.45, 2.75) is 40.0 Å². The average Bonchev–Trinajstić information content (AvgIpc) is 3.48. The van der Waals surface area contributed by atoms with E-state index in [-0.39, 0.29) is 12.4 Å². The van der Waals surface area contributed by atoms with E-state index in [0.29, 0.717) is 30.3 Å². The van der Waals surface area contributed by atoms with Crippen LogP contribution in [-0.4, -0.2) is 71.8 Å². The van der Waals surface area contributed by atoms with Crippen LogP contribution in [0.5, 0.6) is 11.5 Å². The molecule has 0 aromatic heterocycles. The highest BCUT2D eigenvalue weighted by Crippen LogP contribution is 2.27. The van der Waals surface area contributed by atoms with E-state index in [2.05, 4.69) is 68.9 Å². The SMILES string of the molecule is C/C=C\CN(C)CC1CCNC1.C=CCC.COCCCOc1cc(C=O)ccc1OC.Cc1ccccc1.Cl. The lowest BCUT2D eigenvalue weighted by atomic mass is 10.1. The molecule has 2 aromatic carbocycles. The summed E-state index contributed by atoms with van der Waals surface area (Å²) < 4.78 is 15.6. The third-order valence-corrected chi connectivity index (χ3v) is 5.69. The molecule has 226 valence electrons. The highest BCUT2D eigenvalue weighted by molar-refractivity contribution is 5.85. The summed E-state index contributed by atoms with van der Waals surface area (Å²) >= 11 is 0. The first-order valence-corrected chi connectivity index (χ1v) is 13.8. The van der Waals surface area contributed by atoms with Gasteiger partial charge < -0.3 is 24.4 Å². The van der Waals surface area contributed by atoms with Crippen molar-refractivity contribution in [3.63, 3.8) is 0 Å². The molecule has 0 spiro atoms. The molecule has 0 saturated carbocycles. The third kappa shape index (κ3) is 21.2. The van der Waals surface area contributed by atoms with Gasteiger partial charge >= 0.3 is 0 Å². The van der Waals surface area contributed by atoms with Crippen LogP contribution >= 0.6 is 12.4 Å². The van der Waals surface area contributed by atoms with Gasteiger partial charge in [0.1, 0.15) is 6.29 Å². The number of methoxy groups -OCH3 is 2. The van der Waals surface area contributed by atoms with Gasteiger partial charge in [0.25, 0.3) is 0 Å². The maximum Gasteiger partial charge on any atom is 0.161 e. The first kappa shape index (κ1) is 39.5. The number of aldehydes is 1. The molecule has 1 atom stereocenters.